The fourth-order valence-electron chi connectivity index (χ4n) is 2.15. The number of nitrogens with zero attached hydrogens (tertiary/aromatic N) is 1. The first-order valence-electron chi connectivity index (χ1n) is 7.87. The number of nitrogens with one attached hydrogen (secondary N) is 1. The Bertz CT molecular complexity index is 774. The van der Waals surface area contributed by atoms with Gasteiger partial charge in [-0.15, -0.1) is 0 Å². The number of ether oxygens (including phenoxy) is 1. The van der Waals surface area contributed by atoms with Crippen LogP contribution in [0.15, 0.2) is 46.0 Å². The summed E-state index contributed by atoms with van der Waals surface area (Å²) in [5, 5.41) is 3.84. The molecule has 0 aliphatic carbocycles. The molecule has 25 heavy (non-hydrogen) atoms. The van der Waals surface area contributed by atoms with E-state index in [0.29, 0.717) is 11.3 Å². The van der Waals surface area contributed by atoms with Gasteiger partial charge in [0.05, 0.1) is 6.21 Å². The van der Waals surface area contributed by atoms with E-state index < -0.39 is 0 Å². The van der Waals surface area contributed by atoms with Gasteiger partial charge < -0.3 is 4.74 Å². The van der Waals surface area contributed by atoms with E-state index in [4.69, 9.17) is 4.74 Å². The molecule has 1 N–H and O–H groups in total. The average Bonchev–Trinajstić information content (AvgIpc) is 2.57. The van der Waals surface area contributed by atoms with Gasteiger partial charge in [-0.1, -0.05) is 41.9 Å². The first kappa shape index (κ1) is 19.1. The summed E-state index contributed by atoms with van der Waals surface area (Å²) < 4.78 is 19.5. The smallest absolute Gasteiger partial charge is 0.277 e. The van der Waals surface area contributed by atoms with Gasteiger partial charge in [0.25, 0.3) is 5.91 Å². The van der Waals surface area contributed by atoms with Gasteiger partial charge in [0, 0.05) is 4.47 Å². The highest BCUT2D eigenvalue weighted by Crippen LogP contribution is 2.32. The first-order chi connectivity index (χ1) is 11.9. The van der Waals surface area contributed by atoms with Crippen LogP contribution < -0.4 is 10.2 Å². The van der Waals surface area contributed by atoms with Crippen LogP contribution in [0.25, 0.3) is 0 Å². The van der Waals surface area contributed by atoms with Crippen LogP contribution in [0.4, 0.5) is 4.39 Å². The van der Waals surface area contributed by atoms with Crippen LogP contribution in [-0.2, 0) is 4.79 Å². The maximum atomic E-state index is 12.8. The molecule has 0 aromatic heterocycles. The minimum atomic E-state index is -0.367. The lowest BCUT2D eigenvalue weighted by Gasteiger charge is -2.15. The molecule has 2 aromatic rings. The first-order valence-corrected chi connectivity index (χ1v) is 8.66. The van der Waals surface area contributed by atoms with E-state index in [1.54, 1.807) is 12.1 Å². The van der Waals surface area contributed by atoms with Crippen LogP contribution in [0.3, 0.4) is 0 Å². The highest BCUT2D eigenvalue weighted by atomic mass is 79.9. The summed E-state index contributed by atoms with van der Waals surface area (Å²) in [5.74, 6) is 0.272. The molecule has 0 fully saturated rings. The zero-order valence-electron chi connectivity index (χ0n) is 14.3. The van der Waals surface area contributed by atoms with Crippen LogP contribution in [0, 0.1) is 12.7 Å². The van der Waals surface area contributed by atoms with Crippen LogP contribution >= 0.6 is 15.9 Å². The molecule has 4 nitrogen and oxygen atoms in total. The van der Waals surface area contributed by atoms with E-state index in [1.807, 2.05) is 19.1 Å². The Kier molecular flexibility index (Phi) is 6.70. The number of carbonyl (C=O) groups is 1. The number of halogens is 2. The number of aryl methyl sites for hydroxylation is 1. The number of hydrogen-bond acceptors (Lipinski definition) is 3. The van der Waals surface area contributed by atoms with Gasteiger partial charge in [-0.3, -0.25) is 4.79 Å². The summed E-state index contributed by atoms with van der Waals surface area (Å²) in [6.07, 6.45) is 1.45. The van der Waals surface area contributed by atoms with Gasteiger partial charge >= 0.3 is 0 Å². The molecule has 0 atom stereocenters. The zero-order valence-corrected chi connectivity index (χ0v) is 15.9. The fourth-order valence-corrected chi connectivity index (χ4v) is 2.51. The Morgan fingerprint density at radius 2 is 2.00 bits per heavy atom. The van der Waals surface area contributed by atoms with Gasteiger partial charge in [-0.2, -0.15) is 5.10 Å². The Morgan fingerprint density at radius 1 is 1.32 bits per heavy atom. The largest absolute Gasteiger partial charge is 0.483 e. The quantitative estimate of drug-likeness (QED) is 0.564. The monoisotopic (exact) mass is 406 g/mol. The van der Waals surface area contributed by atoms with Gasteiger partial charge in [0.15, 0.2) is 6.61 Å². The molecule has 132 valence electrons. The van der Waals surface area contributed by atoms with Crippen molar-refractivity contribution >= 4 is 28.1 Å². The Balaban J connectivity index is 1.93. The van der Waals surface area contributed by atoms with Crippen LogP contribution in [0.5, 0.6) is 5.75 Å². The third-order valence-corrected chi connectivity index (χ3v) is 4.40. The summed E-state index contributed by atoms with van der Waals surface area (Å²) in [7, 11) is 0. The second-order valence-electron chi connectivity index (χ2n) is 5.93. The molecule has 1 amide bonds. The summed E-state index contributed by atoms with van der Waals surface area (Å²) in [5.41, 5.74) is 5.15. The summed E-state index contributed by atoms with van der Waals surface area (Å²) in [4.78, 5) is 11.9. The van der Waals surface area contributed by atoms with Crippen molar-refractivity contribution < 1.29 is 13.9 Å². The van der Waals surface area contributed by atoms with Crippen molar-refractivity contribution in [2.75, 3.05) is 6.61 Å². The Labute approximate surface area is 155 Å². The second kappa shape index (κ2) is 8.76. The SMILES string of the molecule is Cc1cc(OCC(=O)N/N=C/c2ccc(F)cc2)c(C(C)C)cc1Br. The summed E-state index contributed by atoms with van der Waals surface area (Å²) >= 11 is 3.51. The normalized spacial score (nSPS) is 11.1. The van der Waals surface area contributed by atoms with Crippen molar-refractivity contribution in [1.29, 1.82) is 0 Å². The molecule has 6 heteroatoms. The second-order valence-corrected chi connectivity index (χ2v) is 6.78. The third kappa shape index (κ3) is 5.67. The molecule has 0 aliphatic heterocycles. The van der Waals surface area contributed by atoms with Crippen molar-refractivity contribution in [3.63, 3.8) is 0 Å². The highest BCUT2D eigenvalue weighted by molar-refractivity contribution is 9.10. The molecular weight excluding hydrogens is 387 g/mol. The van der Waals surface area contributed by atoms with Crippen LogP contribution in [-0.4, -0.2) is 18.7 Å². The molecule has 0 saturated carbocycles. The lowest BCUT2D eigenvalue weighted by atomic mass is 10.0. The van der Waals surface area contributed by atoms with E-state index in [0.717, 1.165) is 15.6 Å². The highest BCUT2D eigenvalue weighted by Gasteiger charge is 2.12. The molecule has 2 rings (SSSR count). The van der Waals surface area contributed by atoms with E-state index in [2.05, 4.69) is 40.3 Å². The molecule has 0 heterocycles. The number of amides is 1. The van der Waals surface area contributed by atoms with E-state index in [9.17, 15) is 9.18 Å². The molecule has 0 bridgehead atoms. The number of carbonyl (C=O) groups excluding carboxylic acids is 1. The summed E-state index contributed by atoms with van der Waals surface area (Å²) in [6.45, 7) is 5.96. The molecule has 0 radical (unpaired) electrons. The van der Waals surface area contributed by atoms with Gasteiger partial charge in [-0.25, -0.2) is 9.82 Å². The predicted octanol–water partition coefficient (Wildman–Crippen LogP) is 4.55. The molecule has 0 aliphatic rings. The van der Waals surface area contributed by atoms with Crippen molar-refractivity contribution in [2.45, 2.75) is 26.7 Å². The Hall–Kier alpha value is -2.21. The summed E-state index contributed by atoms with van der Waals surface area (Å²) in [6, 6.07) is 9.72. The number of benzene rings is 2. The predicted molar refractivity (Wildman–Crippen MR) is 101 cm³/mol. The van der Waals surface area contributed by atoms with Crippen molar-refractivity contribution in [3.8, 4) is 5.75 Å². The molecule has 0 spiro atoms. The third-order valence-electron chi connectivity index (χ3n) is 3.54. The van der Waals surface area contributed by atoms with Gasteiger partial charge in [0.2, 0.25) is 0 Å². The number of rotatable bonds is 6. The van der Waals surface area contributed by atoms with Crippen molar-refractivity contribution in [3.05, 3.63) is 63.4 Å². The minimum absolute atomic E-state index is 0.137. The van der Waals surface area contributed by atoms with Crippen molar-refractivity contribution in [2.24, 2.45) is 5.10 Å². The average molecular weight is 407 g/mol. The van der Waals surface area contributed by atoms with Crippen LogP contribution in [0.1, 0.15) is 36.5 Å². The van der Waals surface area contributed by atoms with E-state index >= 15 is 0 Å². The minimum Gasteiger partial charge on any atom is -0.483 e. The maximum absolute atomic E-state index is 12.8. The zero-order chi connectivity index (χ0) is 18.4. The van der Waals surface area contributed by atoms with Gasteiger partial charge in [0.1, 0.15) is 11.6 Å². The lowest BCUT2D eigenvalue weighted by Crippen LogP contribution is -2.25. The Morgan fingerprint density at radius 3 is 2.64 bits per heavy atom. The number of hydrogen-bond donors (Lipinski definition) is 1. The lowest BCUT2D eigenvalue weighted by molar-refractivity contribution is -0.123. The number of hydrazone groups is 1. The molecule has 0 unspecified atom stereocenters. The topological polar surface area (TPSA) is 50.7 Å². The van der Waals surface area contributed by atoms with Crippen LogP contribution in [0.2, 0.25) is 0 Å². The van der Waals surface area contributed by atoms with E-state index in [-0.39, 0.29) is 24.2 Å². The molecular formula is C19H20BrFN2O2. The van der Waals surface area contributed by atoms with Crippen molar-refractivity contribution in [1.82, 2.24) is 5.43 Å². The van der Waals surface area contributed by atoms with E-state index in [1.165, 1.54) is 18.3 Å². The fraction of sp³-hybridized carbons (Fsp3) is 0.263. The molecule has 0 saturated heterocycles. The standard InChI is InChI=1S/C19H20BrFN2O2/c1-12(2)16-9-17(20)13(3)8-18(16)25-11-19(24)23-22-10-14-4-6-15(21)7-5-14/h4-10,12H,11H2,1-3H3,(H,23,24)/b22-10+. The van der Waals surface area contributed by atoms with Gasteiger partial charge in [-0.05, 0) is 53.8 Å². The molecule has 2 aromatic carbocycles. The maximum Gasteiger partial charge on any atom is 0.277 e.